The van der Waals surface area contributed by atoms with Gasteiger partial charge in [-0.3, -0.25) is 9.36 Å². The van der Waals surface area contributed by atoms with E-state index in [1.54, 1.807) is 13.2 Å². The van der Waals surface area contributed by atoms with Crippen LogP contribution in [0, 0.1) is 0 Å². The molecule has 0 radical (unpaired) electrons. The van der Waals surface area contributed by atoms with E-state index in [4.69, 9.17) is 4.74 Å². The number of nitrogens with zero attached hydrogens (tertiary/aromatic N) is 2. The molecule has 0 unspecified atom stereocenters. The van der Waals surface area contributed by atoms with Crippen LogP contribution < -0.4 is 16.6 Å². The number of rotatable bonds is 7. The van der Waals surface area contributed by atoms with Gasteiger partial charge in [0.05, 0.1) is 12.9 Å². The highest BCUT2D eigenvalue weighted by molar-refractivity contribution is 5.05. The van der Waals surface area contributed by atoms with E-state index >= 15 is 0 Å². The summed E-state index contributed by atoms with van der Waals surface area (Å²) in [4.78, 5) is 23.2. The average molecular weight is 253 g/mol. The molecule has 1 heterocycles. The third kappa shape index (κ3) is 3.59. The van der Waals surface area contributed by atoms with Gasteiger partial charge < -0.3 is 14.6 Å². The molecule has 0 aliphatic heterocycles. The molecule has 0 saturated heterocycles. The summed E-state index contributed by atoms with van der Waals surface area (Å²) < 4.78 is 7.49. The fourth-order valence-electron chi connectivity index (χ4n) is 1.59. The molecule has 0 spiro atoms. The van der Waals surface area contributed by atoms with Gasteiger partial charge in [-0.05, 0) is 13.0 Å². The van der Waals surface area contributed by atoms with Crippen LogP contribution in [-0.2, 0) is 25.4 Å². The molecule has 0 aromatic carbocycles. The molecule has 100 valence electrons. The molecule has 1 rings (SSSR count). The van der Waals surface area contributed by atoms with Crippen molar-refractivity contribution in [3.05, 3.63) is 45.4 Å². The van der Waals surface area contributed by atoms with Crippen LogP contribution in [0.5, 0.6) is 0 Å². The first-order chi connectivity index (χ1) is 8.57. The van der Waals surface area contributed by atoms with E-state index in [9.17, 15) is 9.59 Å². The number of hydrogen-bond acceptors (Lipinski definition) is 4. The Morgan fingerprint density at radius 3 is 2.83 bits per heavy atom. The van der Waals surface area contributed by atoms with Crippen LogP contribution in [0.1, 0.15) is 12.0 Å². The molecule has 0 aliphatic carbocycles. The molecule has 1 aromatic rings. The predicted octanol–water partition coefficient (Wildman–Crippen LogP) is -0.276. The molecule has 0 aliphatic rings. The van der Waals surface area contributed by atoms with Gasteiger partial charge in [0.2, 0.25) is 0 Å². The standard InChI is InChI=1S/C12H19N3O3/c1-4-18-7-5-6-13-8-10-9-14(2)12(17)15(3)11(10)16/h4,9,13H,1,5-8H2,2-3H3. The molecule has 0 fully saturated rings. The fourth-order valence-corrected chi connectivity index (χ4v) is 1.59. The van der Waals surface area contributed by atoms with Crippen molar-refractivity contribution < 1.29 is 4.74 Å². The van der Waals surface area contributed by atoms with E-state index in [0.717, 1.165) is 17.5 Å². The highest BCUT2D eigenvalue weighted by atomic mass is 16.5. The second kappa shape index (κ2) is 6.80. The van der Waals surface area contributed by atoms with Crippen LogP contribution in [0.25, 0.3) is 0 Å². The molecule has 0 bridgehead atoms. The lowest BCUT2D eigenvalue weighted by Gasteiger charge is -2.08. The first kappa shape index (κ1) is 14.2. The lowest BCUT2D eigenvalue weighted by molar-refractivity contribution is 0.244. The summed E-state index contributed by atoms with van der Waals surface area (Å²) in [5, 5.41) is 3.13. The van der Waals surface area contributed by atoms with Crippen molar-refractivity contribution in [2.75, 3.05) is 13.2 Å². The molecule has 1 aromatic heterocycles. The van der Waals surface area contributed by atoms with Crippen molar-refractivity contribution in [3.63, 3.8) is 0 Å². The largest absolute Gasteiger partial charge is 0.502 e. The van der Waals surface area contributed by atoms with Gasteiger partial charge in [-0.15, -0.1) is 0 Å². The molecular formula is C12H19N3O3. The van der Waals surface area contributed by atoms with Gasteiger partial charge in [-0.2, -0.15) is 0 Å². The van der Waals surface area contributed by atoms with E-state index in [-0.39, 0.29) is 11.2 Å². The van der Waals surface area contributed by atoms with E-state index in [1.807, 2.05) is 0 Å². The number of ether oxygens (including phenoxy) is 1. The van der Waals surface area contributed by atoms with E-state index < -0.39 is 0 Å². The maximum atomic E-state index is 11.8. The first-order valence-electron chi connectivity index (χ1n) is 5.76. The molecule has 0 amide bonds. The summed E-state index contributed by atoms with van der Waals surface area (Å²) in [6, 6.07) is 0. The van der Waals surface area contributed by atoms with Crippen LogP contribution >= 0.6 is 0 Å². The van der Waals surface area contributed by atoms with E-state index in [1.165, 1.54) is 17.9 Å². The second-order valence-electron chi connectivity index (χ2n) is 3.98. The third-order valence-electron chi connectivity index (χ3n) is 2.57. The Kier molecular flexibility index (Phi) is 5.38. The minimum atomic E-state index is -0.317. The number of aromatic nitrogens is 2. The first-order valence-corrected chi connectivity index (χ1v) is 5.76. The topological polar surface area (TPSA) is 65.3 Å². The highest BCUT2D eigenvalue weighted by Crippen LogP contribution is 1.88. The lowest BCUT2D eigenvalue weighted by Crippen LogP contribution is -2.39. The molecule has 6 heteroatoms. The maximum absolute atomic E-state index is 11.8. The zero-order valence-electron chi connectivity index (χ0n) is 10.8. The molecular weight excluding hydrogens is 234 g/mol. The monoisotopic (exact) mass is 253 g/mol. The van der Waals surface area contributed by atoms with Crippen molar-refractivity contribution >= 4 is 0 Å². The molecule has 6 nitrogen and oxygen atoms in total. The van der Waals surface area contributed by atoms with Gasteiger partial charge in [-0.1, -0.05) is 6.58 Å². The summed E-state index contributed by atoms with van der Waals surface area (Å²) in [6.45, 7) is 5.22. The Hall–Kier alpha value is -1.82. The quantitative estimate of drug-likeness (QED) is 0.536. The Morgan fingerprint density at radius 2 is 2.17 bits per heavy atom. The minimum Gasteiger partial charge on any atom is -0.502 e. The van der Waals surface area contributed by atoms with Crippen LogP contribution in [0.3, 0.4) is 0 Å². The Balaban J connectivity index is 2.56. The molecule has 0 saturated carbocycles. The van der Waals surface area contributed by atoms with Gasteiger partial charge in [0.15, 0.2) is 0 Å². The Labute approximate surface area is 106 Å². The normalized spacial score (nSPS) is 10.3. The van der Waals surface area contributed by atoms with Crippen LogP contribution in [0.4, 0.5) is 0 Å². The molecule has 18 heavy (non-hydrogen) atoms. The van der Waals surface area contributed by atoms with Gasteiger partial charge >= 0.3 is 5.69 Å². The summed E-state index contributed by atoms with van der Waals surface area (Å²) in [7, 11) is 3.11. The lowest BCUT2D eigenvalue weighted by atomic mass is 10.3. The number of hydrogen-bond donors (Lipinski definition) is 1. The van der Waals surface area contributed by atoms with Crippen molar-refractivity contribution in [3.8, 4) is 0 Å². The predicted molar refractivity (Wildman–Crippen MR) is 69.4 cm³/mol. The fraction of sp³-hybridized carbons (Fsp3) is 0.500. The summed E-state index contributed by atoms with van der Waals surface area (Å²) in [5.41, 5.74) is 0.000290. The van der Waals surface area contributed by atoms with Gasteiger partial charge in [0.1, 0.15) is 0 Å². The minimum absolute atomic E-state index is 0.257. The van der Waals surface area contributed by atoms with Gasteiger partial charge in [0, 0.05) is 32.4 Å². The number of aryl methyl sites for hydroxylation is 1. The SMILES string of the molecule is C=COCCCNCc1cn(C)c(=O)n(C)c1=O. The zero-order chi connectivity index (χ0) is 13.5. The highest BCUT2D eigenvalue weighted by Gasteiger charge is 2.05. The molecule has 0 atom stereocenters. The van der Waals surface area contributed by atoms with Crippen molar-refractivity contribution in [2.24, 2.45) is 14.1 Å². The Bertz CT molecular complexity index is 516. The summed E-state index contributed by atoms with van der Waals surface area (Å²) >= 11 is 0. The van der Waals surface area contributed by atoms with Crippen molar-refractivity contribution in [2.45, 2.75) is 13.0 Å². The third-order valence-corrected chi connectivity index (χ3v) is 2.57. The zero-order valence-corrected chi connectivity index (χ0v) is 10.8. The van der Waals surface area contributed by atoms with Crippen molar-refractivity contribution in [1.82, 2.24) is 14.5 Å². The van der Waals surface area contributed by atoms with Crippen LogP contribution in [0.15, 0.2) is 28.6 Å². The van der Waals surface area contributed by atoms with Gasteiger partial charge in [-0.25, -0.2) is 4.79 Å². The van der Waals surface area contributed by atoms with Crippen molar-refractivity contribution in [1.29, 1.82) is 0 Å². The van der Waals surface area contributed by atoms with Gasteiger partial charge in [0.25, 0.3) is 5.56 Å². The second-order valence-corrected chi connectivity index (χ2v) is 3.98. The summed E-state index contributed by atoms with van der Waals surface area (Å²) in [6.07, 6.45) is 3.80. The van der Waals surface area contributed by atoms with E-state index in [0.29, 0.717) is 18.7 Å². The van der Waals surface area contributed by atoms with E-state index in [2.05, 4.69) is 11.9 Å². The Morgan fingerprint density at radius 1 is 1.44 bits per heavy atom. The smallest absolute Gasteiger partial charge is 0.330 e. The van der Waals surface area contributed by atoms with Crippen LogP contribution in [-0.4, -0.2) is 22.3 Å². The van der Waals surface area contributed by atoms with Crippen LogP contribution in [0.2, 0.25) is 0 Å². The molecule has 1 N–H and O–H groups in total. The average Bonchev–Trinajstić information content (AvgIpc) is 2.37. The maximum Gasteiger partial charge on any atom is 0.330 e. The summed E-state index contributed by atoms with van der Waals surface area (Å²) in [5.74, 6) is 0. The number of nitrogens with one attached hydrogen (secondary N) is 1.